The van der Waals surface area contributed by atoms with Crippen molar-refractivity contribution in [3.05, 3.63) is 78.4 Å². The van der Waals surface area contributed by atoms with Crippen molar-refractivity contribution in [2.45, 2.75) is 6.18 Å². The number of benzene rings is 2. The number of nitrogens with one attached hydrogen (secondary N) is 2. The van der Waals surface area contributed by atoms with Crippen molar-refractivity contribution >= 4 is 22.6 Å². The first kappa shape index (κ1) is 18.5. The molecule has 0 aliphatic rings. The molecular formula is C20H13F3N4O2. The average Bonchev–Trinajstić information content (AvgIpc) is 3.13. The zero-order valence-electron chi connectivity index (χ0n) is 14.7. The number of nitrogens with zero attached hydrogens (tertiary/aromatic N) is 2. The van der Waals surface area contributed by atoms with Gasteiger partial charge in [0.25, 0.3) is 5.91 Å². The van der Waals surface area contributed by atoms with Crippen LogP contribution in [-0.2, 0) is 6.18 Å². The van der Waals surface area contributed by atoms with Crippen LogP contribution in [0.25, 0.3) is 11.0 Å². The number of hydrogen-bond acceptors (Lipinski definition) is 4. The van der Waals surface area contributed by atoms with Gasteiger partial charge in [0.15, 0.2) is 5.82 Å². The Labute approximate surface area is 162 Å². The third kappa shape index (κ3) is 4.03. The molecule has 2 heterocycles. The summed E-state index contributed by atoms with van der Waals surface area (Å²) in [6.45, 7) is 0. The number of halogens is 3. The van der Waals surface area contributed by atoms with E-state index in [9.17, 15) is 18.0 Å². The van der Waals surface area contributed by atoms with E-state index in [1.165, 1.54) is 12.1 Å². The Morgan fingerprint density at radius 1 is 1.00 bits per heavy atom. The van der Waals surface area contributed by atoms with Crippen LogP contribution in [-0.4, -0.2) is 20.9 Å². The van der Waals surface area contributed by atoms with Gasteiger partial charge in [0.2, 0.25) is 0 Å². The smallest absolute Gasteiger partial charge is 0.418 e. The molecule has 2 N–H and O–H groups in total. The summed E-state index contributed by atoms with van der Waals surface area (Å²) in [5.74, 6) is 0.144. The molecule has 0 saturated heterocycles. The van der Waals surface area contributed by atoms with Gasteiger partial charge in [-0.25, -0.2) is 4.98 Å². The van der Waals surface area contributed by atoms with Crippen LogP contribution in [0.15, 0.2) is 67.0 Å². The summed E-state index contributed by atoms with van der Waals surface area (Å²) in [5.41, 5.74) is -0.684. The minimum Gasteiger partial charge on any atom is -0.457 e. The van der Waals surface area contributed by atoms with Gasteiger partial charge in [-0.15, -0.1) is 0 Å². The number of carbonyl (C=O) groups is 1. The minimum atomic E-state index is -4.57. The molecule has 0 spiro atoms. The lowest BCUT2D eigenvalue weighted by Gasteiger charge is -2.08. The zero-order chi connectivity index (χ0) is 20.4. The Bertz CT molecular complexity index is 1170. The van der Waals surface area contributed by atoms with Crippen LogP contribution in [0.3, 0.4) is 0 Å². The highest BCUT2D eigenvalue weighted by Gasteiger charge is 2.34. The number of aromatic amines is 1. The first-order valence-corrected chi connectivity index (χ1v) is 8.45. The largest absolute Gasteiger partial charge is 0.457 e. The van der Waals surface area contributed by atoms with Crippen LogP contribution in [0, 0.1) is 0 Å². The van der Waals surface area contributed by atoms with E-state index in [4.69, 9.17) is 4.74 Å². The molecule has 9 heteroatoms. The maximum Gasteiger partial charge on any atom is 0.418 e. The molecule has 29 heavy (non-hydrogen) atoms. The van der Waals surface area contributed by atoms with E-state index in [0.29, 0.717) is 17.2 Å². The molecule has 0 aliphatic carbocycles. The maximum atomic E-state index is 13.1. The van der Waals surface area contributed by atoms with E-state index in [1.807, 2.05) is 0 Å². The third-order valence-electron chi connectivity index (χ3n) is 4.01. The van der Waals surface area contributed by atoms with Crippen molar-refractivity contribution < 1.29 is 22.7 Å². The number of hydrogen-bond donors (Lipinski definition) is 2. The van der Waals surface area contributed by atoms with Crippen molar-refractivity contribution in [1.29, 1.82) is 0 Å². The van der Waals surface area contributed by atoms with Gasteiger partial charge in [-0.3, -0.25) is 9.78 Å². The molecule has 0 unspecified atom stereocenters. The average molecular weight is 398 g/mol. The van der Waals surface area contributed by atoms with Gasteiger partial charge in [0.1, 0.15) is 17.0 Å². The minimum absolute atomic E-state index is 0.125. The summed E-state index contributed by atoms with van der Waals surface area (Å²) in [6, 6.07) is 13.5. The lowest BCUT2D eigenvalue weighted by molar-refractivity contribution is -0.136. The molecular weight excluding hydrogens is 385 g/mol. The summed E-state index contributed by atoms with van der Waals surface area (Å²) < 4.78 is 45.0. The van der Waals surface area contributed by atoms with Crippen molar-refractivity contribution in [2.24, 2.45) is 0 Å². The predicted molar refractivity (Wildman–Crippen MR) is 99.8 cm³/mol. The van der Waals surface area contributed by atoms with Gasteiger partial charge in [0, 0.05) is 24.1 Å². The van der Waals surface area contributed by atoms with Gasteiger partial charge >= 0.3 is 6.18 Å². The third-order valence-corrected chi connectivity index (χ3v) is 4.01. The summed E-state index contributed by atoms with van der Waals surface area (Å²) in [7, 11) is 0. The fourth-order valence-corrected chi connectivity index (χ4v) is 2.74. The van der Waals surface area contributed by atoms with E-state index in [1.54, 1.807) is 48.8 Å². The number of para-hydroxylation sites is 1. The van der Waals surface area contributed by atoms with E-state index < -0.39 is 17.6 Å². The van der Waals surface area contributed by atoms with Crippen molar-refractivity contribution in [2.75, 3.05) is 5.32 Å². The maximum absolute atomic E-state index is 13.1. The highest BCUT2D eigenvalue weighted by atomic mass is 19.4. The summed E-state index contributed by atoms with van der Waals surface area (Å²) >= 11 is 0. The number of rotatable bonds is 4. The normalized spacial score (nSPS) is 11.4. The lowest BCUT2D eigenvalue weighted by atomic mass is 10.2. The molecule has 6 nitrogen and oxygen atoms in total. The van der Waals surface area contributed by atoms with Gasteiger partial charge in [-0.1, -0.05) is 12.1 Å². The molecule has 0 fully saturated rings. The highest BCUT2D eigenvalue weighted by molar-refractivity contribution is 6.03. The van der Waals surface area contributed by atoms with Crippen LogP contribution in [0.4, 0.5) is 18.9 Å². The Morgan fingerprint density at radius 2 is 1.76 bits per heavy atom. The Morgan fingerprint density at radius 3 is 2.52 bits per heavy atom. The Kier molecular flexibility index (Phi) is 4.63. The Balaban J connectivity index is 1.56. The molecule has 0 saturated carbocycles. The highest BCUT2D eigenvalue weighted by Crippen LogP contribution is 2.33. The van der Waals surface area contributed by atoms with E-state index in [2.05, 4.69) is 20.3 Å². The van der Waals surface area contributed by atoms with Crippen LogP contribution in [0.2, 0.25) is 0 Å². The van der Waals surface area contributed by atoms with Crippen molar-refractivity contribution in [3.8, 4) is 11.5 Å². The topological polar surface area (TPSA) is 79.9 Å². The van der Waals surface area contributed by atoms with Crippen LogP contribution in [0.5, 0.6) is 11.5 Å². The monoisotopic (exact) mass is 398 g/mol. The van der Waals surface area contributed by atoms with Gasteiger partial charge in [0.05, 0.1) is 11.1 Å². The Hall–Kier alpha value is -3.88. The molecule has 0 bridgehead atoms. The molecule has 4 rings (SSSR count). The molecule has 146 valence electrons. The van der Waals surface area contributed by atoms with Crippen LogP contribution < -0.4 is 10.1 Å². The number of amides is 1. The number of imidazole rings is 1. The number of pyridine rings is 1. The second-order valence-electron chi connectivity index (χ2n) is 6.05. The first-order valence-electron chi connectivity index (χ1n) is 8.45. The van der Waals surface area contributed by atoms with Gasteiger partial charge in [-0.2, -0.15) is 13.2 Å². The van der Waals surface area contributed by atoms with Crippen LogP contribution in [0.1, 0.15) is 16.2 Å². The fourth-order valence-electron chi connectivity index (χ4n) is 2.74. The van der Waals surface area contributed by atoms with E-state index in [0.717, 1.165) is 6.07 Å². The first-order chi connectivity index (χ1) is 13.9. The molecule has 4 aromatic rings. The number of H-pyrrole nitrogens is 1. The number of anilines is 1. The van der Waals surface area contributed by atoms with Crippen molar-refractivity contribution in [3.63, 3.8) is 0 Å². The standard InChI is InChI=1S/C20H13F3N4O2/c21-20(22,23)15-5-2-6-16-17(15)27-18(26-16)19(28)25-12-3-1-4-14(11-12)29-13-7-9-24-10-8-13/h1-11H,(H,25,28)(H,26,27). The predicted octanol–water partition coefficient (Wildman–Crippen LogP) is 5.02. The second kappa shape index (κ2) is 7.27. The summed E-state index contributed by atoms with van der Waals surface area (Å²) in [5, 5.41) is 2.60. The van der Waals surface area contributed by atoms with E-state index in [-0.39, 0.29) is 16.9 Å². The molecule has 0 aliphatic heterocycles. The number of carbonyl (C=O) groups excluding carboxylic acids is 1. The summed E-state index contributed by atoms with van der Waals surface area (Å²) in [4.78, 5) is 22.8. The molecule has 2 aromatic heterocycles. The quantitative estimate of drug-likeness (QED) is 0.506. The van der Waals surface area contributed by atoms with Gasteiger partial charge < -0.3 is 15.0 Å². The fraction of sp³-hybridized carbons (Fsp3) is 0.0500. The van der Waals surface area contributed by atoms with Gasteiger partial charge in [-0.05, 0) is 36.4 Å². The van der Waals surface area contributed by atoms with Crippen molar-refractivity contribution in [1.82, 2.24) is 15.0 Å². The molecule has 2 aromatic carbocycles. The number of fused-ring (bicyclic) bond motifs is 1. The molecule has 0 radical (unpaired) electrons. The molecule has 1 amide bonds. The number of alkyl halides is 3. The van der Waals surface area contributed by atoms with Crippen LogP contribution >= 0.6 is 0 Å². The lowest BCUT2D eigenvalue weighted by Crippen LogP contribution is -2.13. The molecule has 0 atom stereocenters. The second-order valence-corrected chi connectivity index (χ2v) is 6.05. The SMILES string of the molecule is O=C(Nc1cccc(Oc2ccncc2)c1)c1nc2c(C(F)(F)F)cccc2[nH]1. The number of aromatic nitrogens is 3. The van der Waals surface area contributed by atoms with E-state index >= 15 is 0 Å². The zero-order valence-corrected chi connectivity index (χ0v) is 14.7. The number of ether oxygens (including phenoxy) is 1. The summed E-state index contributed by atoms with van der Waals surface area (Å²) in [6.07, 6.45) is -1.41.